The Morgan fingerprint density at radius 2 is 2.31 bits per heavy atom. The summed E-state index contributed by atoms with van der Waals surface area (Å²) in [6.45, 7) is 7.43. The van der Waals surface area contributed by atoms with E-state index in [0.29, 0.717) is 6.54 Å². The monoisotopic (exact) mass is 221 g/mol. The molecule has 88 valence electrons. The van der Waals surface area contributed by atoms with Gasteiger partial charge in [-0.2, -0.15) is 5.26 Å². The van der Waals surface area contributed by atoms with Gasteiger partial charge in [0, 0.05) is 6.07 Å². The van der Waals surface area contributed by atoms with Crippen LogP contribution in [0.15, 0.2) is 10.6 Å². The lowest BCUT2D eigenvalue weighted by Crippen LogP contribution is -2.17. The number of rotatable bonds is 6. The van der Waals surface area contributed by atoms with E-state index in [2.05, 4.69) is 16.5 Å². The van der Waals surface area contributed by atoms with Crippen LogP contribution < -0.4 is 5.32 Å². The van der Waals surface area contributed by atoms with Gasteiger partial charge in [0.1, 0.15) is 0 Å². The van der Waals surface area contributed by atoms with Crippen LogP contribution in [0.3, 0.4) is 0 Å². The zero-order valence-electron chi connectivity index (χ0n) is 10.2. The molecular weight excluding hydrogens is 202 g/mol. The maximum absolute atomic E-state index is 8.84. The average Bonchev–Trinajstić information content (AvgIpc) is 2.64. The Balaban J connectivity index is 2.11. The molecule has 0 aliphatic rings. The Hall–Kier alpha value is -1.34. The van der Waals surface area contributed by atoms with E-state index in [1.54, 1.807) is 0 Å². The van der Waals surface area contributed by atoms with Crippen molar-refractivity contribution in [3.05, 3.63) is 17.5 Å². The first kappa shape index (κ1) is 12.7. The third-order valence-electron chi connectivity index (χ3n) is 2.43. The summed E-state index contributed by atoms with van der Waals surface area (Å²) < 4.78 is 5.07. The molecule has 0 saturated heterocycles. The number of nitrogens with zero attached hydrogens (tertiary/aromatic N) is 2. The van der Waals surface area contributed by atoms with E-state index in [0.717, 1.165) is 30.8 Å². The van der Waals surface area contributed by atoms with E-state index in [9.17, 15) is 0 Å². The summed E-state index contributed by atoms with van der Waals surface area (Å²) in [5, 5.41) is 15.9. The predicted octanol–water partition coefficient (Wildman–Crippen LogP) is 2.40. The zero-order chi connectivity index (χ0) is 12.0. The molecule has 0 atom stereocenters. The molecule has 0 aliphatic carbocycles. The lowest BCUT2D eigenvalue weighted by molar-refractivity contribution is 0.365. The molecular formula is C12H19N3O. The smallest absolute Gasteiger partial charge is 0.150 e. The van der Waals surface area contributed by atoms with Gasteiger partial charge >= 0.3 is 0 Å². The van der Waals surface area contributed by atoms with Crippen LogP contribution >= 0.6 is 0 Å². The molecule has 1 rings (SSSR count). The molecule has 0 saturated carbocycles. The maximum Gasteiger partial charge on any atom is 0.150 e. The molecule has 4 nitrogen and oxygen atoms in total. The van der Waals surface area contributed by atoms with E-state index in [4.69, 9.17) is 9.78 Å². The van der Waals surface area contributed by atoms with Crippen molar-refractivity contribution in [2.45, 2.75) is 40.2 Å². The molecule has 0 aliphatic heterocycles. The number of hydrogen-bond acceptors (Lipinski definition) is 4. The van der Waals surface area contributed by atoms with Gasteiger partial charge in [0.25, 0.3) is 0 Å². The number of aromatic nitrogens is 1. The van der Waals surface area contributed by atoms with Crippen LogP contribution in [-0.4, -0.2) is 11.7 Å². The third kappa shape index (κ3) is 4.45. The molecule has 0 bridgehead atoms. The summed E-state index contributed by atoms with van der Waals surface area (Å²) in [6.07, 6.45) is 1.90. The van der Waals surface area contributed by atoms with Gasteiger partial charge < -0.3 is 9.84 Å². The second-order valence-corrected chi connectivity index (χ2v) is 4.71. The van der Waals surface area contributed by atoms with Crippen LogP contribution in [0, 0.1) is 23.7 Å². The lowest BCUT2D eigenvalue weighted by atomic mass is 9.90. The Labute approximate surface area is 96.6 Å². The molecule has 1 N–H and O–H groups in total. The van der Waals surface area contributed by atoms with Gasteiger partial charge in [0.2, 0.25) is 0 Å². The topological polar surface area (TPSA) is 61.9 Å². The van der Waals surface area contributed by atoms with Crippen LogP contribution in [0.4, 0.5) is 0 Å². The maximum atomic E-state index is 8.84. The summed E-state index contributed by atoms with van der Waals surface area (Å²) in [5.41, 5.74) is 0.687. The van der Waals surface area contributed by atoms with Gasteiger partial charge in [-0.15, -0.1) is 0 Å². The summed E-state index contributed by atoms with van der Waals surface area (Å²) in [6, 6.07) is 4.22. The zero-order valence-corrected chi connectivity index (χ0v) is 10.2. The van der Waals surface area contributed by atoms with Crippen molar-refractivity contribution >= 4 is 0 Å². The molecule has 1 aromatic heterocycles. The summed E-state index contributed by atoms with van der Waals surface area (Å²) >= 11 is 0. The van der Waals surface area contributed by atoms with E-state index >= 15 is 0 Å². The van der Waals surface area contributed by atoms with E-state index in [1.165, 1.54) is 0 Å². The minimum Gasteiger partial charge on any atom is -0.360 e. The molecule has 0 amide bonds. The van der Waals surface area contributed by atoms with Crippen molar-refractivity contribution in [1.29, 1.82) is 5.26 Å². The van der Waals surface area contributed by atoms with Gasteiger partial charge in [-0.25, -0.2) is 0 Å². The van der Waals surface area contributed by atoms with Gasteiger partial charge in [-0.1, -0.05) is 5.16 Å². The van der Waals surface area contributed by atoms with Crippen molar-refractivity contribution in [3.63, 3.8) is 0 Å². The quantitative estimate of drug-likeness (QED) is 0.749. The Morgan fingerprint density at radius 3 is 2.88 bits per heavy atom. The Bertz CT molecular complexity index is 363. The number of aryl methyl sites for hydroxylation is 1. The largest absolute Gasteiger partial charge is 0.360 e. The standard InChI is InChI=1S/C12H19N3O/c1-10-7-11(16-15-10)8-14-6-4-5-12(2,3)9-13/h7,14H,4-6,8H2,1-3H3. The number of hydrogen-bond donors (Lipinski definition) is 1. The normalized spacial score (nSPS) is 11.4. The van der Waals surface area contributed by atoms with Crippen LogP contribution in [0.2, 0.25) is 0 Å². The van der Waals surface area contributed by atoms with Crippen molar-refractivity contribution in [1.82, 2.24) is 10.5 Å². The second-order valence-electron chi connectivity index (χ2n) is 4.71. The van der Waals surface area contributed by atoms with Gasteiger partial charge in [0.05, 0.1) is 23.7 Å². The highest BCUT2D eigenvalue weighted by molar-refractivity contribution is 5.02. The fourth-order valence-corrected chi connectivity index (χ4v) is 1.42. The molecule has 0 radical (unpaired) electrons. The van der Waals surface area contributed by atoms with Crippen LogP contribution in [0.5, 0.6) is 0 Å². The Morgan fingerprint density at radius 1 is 1.56 bits per heavy atom. The van der Waals surface area contributed by atoms with Gasteiger partial charge in [0.15, 0.2) is 5.76 Å². The average molecular weight is 221 g/mol. The molecule has 4 heteroatoms. The highest BCUT2D eigenvalue weighted by atomic mass is 16.5. The molecule has 16 heavy (non-hydrogen) atoms. The summed E-state index contributed by atoms with van der Waals surface area (Å²) in [7, 11) is 0. The highest BCUT2D eigenvalue weighted by Crippen LogP contribution is 2.19. The fraction of sp³-hybridized carbons (Fsp3) is 0.667. The summed E-state index contributed by atoms with van der Waals surface area (Å²) in [5.74, 6) is 0.858. The SMILES string of the molecule is Cc1cc(CNCCCC(C)(C)C#N)on1. The Kier molecular flexibility index (Phi) is 4.51. The second kappa shape index (κ2) is 5.66. The molecule has 0 aromatic carbocycles. The van der Waals surface area contributed by atoms with E-state index in [-0.39, 0.29) is 5.41 Å². The van der Waals surface area contributed by atoms with Crippen LogP contribution in [-0.2, 0) is 6.54 Å². The lowest BCUT2D eigenvalue weighted by Gasteiger charge is -2.14. The van der Waals surface area contributed by atoms with Crippen molar-refractivity contribution in [2.24, 2.45) is 5.41 Å². The van der Waals surface area contributed by atoms with Gasteiger partial charge in [-0.05, 0) is 40.2 Å². The highest BCUT2D eigenvalue weighted by Gasteiger charge is 2.15. The first-order valence-electron chi connectivity index (χ1n) is 5.58. The fourth-order valence-electron chi connectivity index (χ4n) is 1.42. The van der Waals surface area contributed by atoms with Crippen LogP contribution in [0.1, 0.15) is 38.1 Å². The van der Waals surface area contributed by atoms with E-state index < -0.39 is 0 Å². The summed E-state index contributed by atoms with van der Waals surface area (Å²) in [4.78, 5) is 0. The first-order chi connectivity index (χ1) is 7.53. The molecule has 1 aromatic rings. The van der Waals surface area contributed by atoms with Gasteiger partial charge in [-0.3, -0.25) is 0 Å². The minimum absolute atomic E-state index is 0.218. The van der Waals surface area contributed by atoms with Crippen molar-refractivity contribution < 1.29 is 4.52 Å². The minimum atomic E-state index is -0.218. The molecule has 1 heterocycles. The van der Waals surface area contributed by atoms with Crippen LogP contribution in [0.25, 0.3) is 0 Å². The van der Waals surface area contributed by atoms with Crippen molar-refractivity contribution in [2.75, 3.05) is 6.54 Å². The first-order valence-corrected chi connectivity index (χ1v) is 5.58. The molecule has 0 fully saturated rings. The molecule has 0 unspecified atom stereocenters. The molecule has 0 spiro atoms. The predicted molar refractivity (Wildman–Crippen MR) is 61.6 cm³/mol. The number of nitriles is 1. The van der Waals surface area contributed by atoms with E-state index in [1.807, 2.05) is 26.8 Å². The van der Waals surface area contributed by atoms with Crippen molar-refractivity contribution in [3.8, 4) is 6.07 Å². The third-order valence-corrected chi connectivity index (χ3v) is 2.43. The number of nitrogens with one attached hydrogen (secondary N) is 1.